The van der Waals surface area contributed by atoms with Crippen molar-refractivity contribution in [1.82, 2.24) is 26.2 Å². The summed E-state index contributed by atoms with van der Waals surface area (Å²) in [5, 5.41) is 12.0. The van der Waals surface area contributed by atoms with Crippen molar-refractivity contribution in [3.8, 4) is 0 Å². The SMILES string of the molecule is CCCCCCN(C(=O)C(NC(=O)C(NC(=O)[C@@H](C)NC(=O)CC)C1CCCCC1)C(C)(C)C)C(C)CNC(C=O)CCC. The summed E-state index contributed by atoms with van der Waals surface area (Å²) in [7, 11) is 0. The quantitative estimate of drug-likeness (QED) is 0.119. The molecular weight excluding hydrogens is 558 g/mol. The molecule has 0 aliphatic heterocycles. The number of unbranched alkanes of at least 4 members (excludes halogenated alkanes) is 3. The fourth-order valence-corrected chi connectivity index (χ4v) is 5.82. The lowest BCUT2D eigenvalue weighted by atomic mass is 9.82. The number of amides is 4. The second-order valence-corrected chi connectivity index (χ2v) is 13.7. The number of carbonyl (C=O) groups excluding carboxylic acids is 5. The molecule has 4 unspecified atom stereocenters. The molecule has 1 fully saturated rings. The maximum atomic E-state index is 14.3. The van der Waals surface area contributed by atoms with E-state index >= 15 is 0 Å². The molecule has 1 rings (SSSR count). The van der Waals surface area contributed by atoms with Crippen molar-refractivity contribution < 1.29 is 24.0 Å². The van der Waals surface area contributed by atoms with Crippen LogP contribution in [0.15, 0.2) is 0 Å². The van der Waals surface area contributed by atoms with Crippen LogP contribution in [0.2, 0.25) is 0 Å². The van der Waals surface area contributed by atoms with E-state index in [2.05, 4.69) is 28.2 Å². The maximum Gasteiger partial charge on any atom is 0.245 e. The van der Waals surface area contributed by atoms with E-state index in [1.54, 1.807) is 13.8 Å². The predicted octanol–water partition coefficient (Wildman–Crippen LogP) is 4.25. The zero-order valence-corrected chi connectivity index (χ0v) is 28.9. The number of nitrogens with one attached hydrogen (secondary N) is 4. The van der Waals surface area contributed by atoms with E-state index in [1.807, 2.05) is 39.5 Å². The lowest BCUT2D eigenvalue weighted by Crippen LogP contribution is -2.62. The highest BCUT2D eigenvalue weighted by atomic mass is 16.2. The Labute approximate surface area is 267 Å². The van der Waals surface area contributed by atoms with Gasteiger partial charge in [0, 0.05) is 25.6 Å². The minimum absolute atomic E-state index is 0.0513. The monoisotopic (exact) mass is 621 g/mol. The van der Waals surface area contributed by atoms with Gasteiger partial charge in [0.1, 0.15) is 24.4 Å². The van der Waals surface area contributed by atoms with Crippen LogP contribution in [-0.2, 0) is 24.0 Å². The molecule has 0 saturated heterocycles. The lowest BCUT2D eigenvalue weighted by Gasteiger charge is -2.39. The van der Waals surface area contributed by atoms with Crippen LogP contribution < -0.4 is 21.3 Å². The van der Waals surface area contributed by atoms with Crippen LogP contribution in [0.4, 0.5) is 0 Å². The Morgan fingerprint density at radius 2 is 1.52 bits per heavy atom. The van der Waals surface area contributed by atoms with Crippen LogP contribution in [0.25, 0.3) is 0 Å². The third kappa shape index (κ3) is 13.7. The zero-order valence-electron chi connectivity index (χ0n) is 28.9. The zero-order chi connectivity index (χ0) is 33.3. The Balaban J connectivity index is 3.26. The summed E-state index contributed by atoms with van der Waals surface area (Å²) in [5.41, 5.74) is -0.599. The molecule has 0 radical (unpaired) electrons. The van der Waals surface area contributed by atoms with E-state index < -0.39 is 29.4 Å². The molecule has 254 valence electrons. The fraction of sp³-hybridized carbons (Fsp3) is 0.853. The number of nitrogens with zero attached hydrogens (tertiary/aromatic N) is 1. The normalized spacial score (nSPS) is 17.5. The number of aldehydes is 1. The second-order valence-electron chi connectivity index (χ2n) is 13.7. The van der Waals surface area contributed by atoms with Gasteiger partial charge in [-0.05, 0) is 50.9 Å². The molecule has 44 heavy (non-hydrogen) atoms. The summed E-state index contributed by atoms with van der Waals surface area (Å²) in [6.45, 7) is 16.3. The summed E-state index contributed by atoms with van der Waals surface area (Å²) in [6.07, 6.45) is 11.5. The molecule has 4 N–H and O–H groups in total. The second kappa shape index (κ2) is 20.5. The Morgan fingerprint density at radius 1 is 0.864 bits per heavy atom. The number of hydrogen-bond donors (Lipinski definition) is 4. The fourth-order valence-electron chi connectivity index (χ4n) is 5.82. The maximum absolute atomic E-state index is 14.3. The molecule has 1 aliphatic rings. The van der Waals surface area contributed by atoms with E-state index in [0.29, 0.717) is 13.1 Å². The van der Waals surface area contributed by atoms with Gasteiger partial charge < -0.3 is 31.0 Å². The summed E-state index contributed by atoms with van der Waals surface area (Å²) in [5.74, 6) is -1.23. The number of hydrogen-bond acceptors (Lipinski definition) is 6. The van der Waals surface area contributed by atoms with Gasteiger partial charge in [0.15, 0.2) is 0 Å². The van der Waals surface area contributed by atoms with Crippen LogP contribution >= 0.6 is 0 Å². The standard InChI is InChI=1S/C34H63N5O5/c1-9-12-13-17-21-39(24(4)22-35-27(23-40)18-10-2)33(44)30(34(6,7)8)38-32(43)29(26-19-15-14-16-20-26)37-31(42)25(5)36-28(41)11-3/h23-27,29-30,35H,9-22H2,1-8H3,(H,36,41)(H,37,42)(H,38,43)/t24?,25-,27?,29?,30?/m1/s1. The van der Waals surface area contributed by atoms with Crippen molar-refractivity contribution in [2.24, 2.45) is 11.3 Å². The van der Waals surface area contributed by atoms with Gasteiger partial charge in [0.2, 0.25) is 23.6 Å². The highest BCUT2D eigenvalue weighted by Crippen LogP contribution is 2.28. The molecule has 0 aromatic carbocycles. The topological polar surface area (TPSA) is 137 Å². The lowest BCUT2D eigenvalue weighted by molar-refractivity contribution is -0.142. The number of carbonyl (C=O) groups is 5. The van der Waals surface area contributed by atoms with Gasteiger partial charge in [0.25, 0.3) is 0 Å². The van der Waals surface area contributed by atoms with Crippen LogP contribution in [0, 0.1) is 11.3 Å². The highest BCUT2D eigenvalue weighted by molar-refractivity contribution is 5.94. The molecule has 4 amide bonds. The van der Waals surface area contributed by atoms with Crippen molar-refractivity contribution in [2.45, 2.75) is 163 Å². The molecule has 0 aromatic heterocycles. The summed E-state index contributed by atoms with van der Waals surface area (Å²) >= 11 is 0. The highest BCUT2D eigenvalue weighted by Gasteiger charge is 2.40. The Bertz CT molecular complexity index is 899. The van der Waals surface area contributed by atoms with Crippen LogP contribution in [0.3, 0.4) is 0 Å². The van der Waals surface area contributed by atoms with E-state index in [9.17, 15) is 24.0 Å². The summed E-state index contributed by atoms with van der Waals surface area (Å²) in [4.78, 5) is 66.8. The smallest absolute Gasteiger partial charge is 0.245 e. The van der Waals surface area contributed by atoms with Crippen molar-refractivity contribution in [3.05, 3.63) is 0 Å². The van der Waals surface area contributed by atoms with E-state index in [0.717, 1.165) is 76.9 Å². The molecular formula is C34H63N5O5. The van der Waals surface area contributed by atoms with Gasteiger partial charge in [-0.25, -0.2) is 0 Å². The van der Waals surface area contributed by atoms with Crippen molar-refractivity contribution in [2.75, 3.05) is 13.1 Å². The molecule has 10 heteroatoms. The van der Waals surface area contributed by atoms with Crippen LogP contribution in [0.5, 0.6) is 0 Å². The Kier molecular flexibility index (Phi) is 18.4. The third-order valence-corrected chi connectivity index (χ3v) is 8.70. The first-order valence-electron chi connectivity index (χ1n) is 17.2. The minimum atomic E-state index is -0.818. The molecule has 5 atom stereocenters. The van der Waals surface area contributed by atoms with Crippen molar-refractivity contribution in [1.29, 1.82) is 0 Å². The van der Waals surface area contributed by atoms with Gasteiger partial charge in [-0.15, -0.1) is 0 Å². The minimum Gasteiger partial charge on any atom is -0.345 e. The van der Waals surface area contributed by atoms with Gasteiger partial charge in [-0.1, -0.05) is 86.5 Å². The summed E-state index contributed by atoms with van der Waals surface area (Å²) < 4.78 is 0. The largest absolute Gasteiger partial charge is 0.345 e. The first-order valence-corrected chi connectivity index (χ1v) is 17.2. The Hall–Kier alpha value is -2.49. The first-order chi connectivity index (χ1) is 20.8. The van der Waals surface area contributed by atoms with Crippen LogP contribution in [-0.4, -0.2) is 78.1 Å². The predicted molar refractivity (Wildman–Crippen MR) is 176 cm³/mol. The number of rotatable bonds is 20. The third-order valence-electron chi connectivity index (χ3n) is 8.70. The van der Waals surface area contributed by atoms with E-state index in [1.165, 1.54) is 0 Å². The molecule has 0 heterocycles. The van der Waals surface area contributed by atoms with Crippen molar-refractivity contribution >= 4 is 29.9 Å². The van der Waals surface area contributed by atoms with Gasteiger partial charge >= 0.3 is 0 Å². The molecule has 0 aromatic rings. The van der Waals surface area contributed by atoms with Crippen molar-refractivity contribution in [3.63, 3.8) is 0 Å². The van der Waals surface area contributed by atoms with Gasteiger partial charge in [-0.2, -0.15) is 0 Å². The average Bonchev–Trinajstić information content (AvgIpc) is 2.99. The van der Waals surface area contributed by atoms with Crippen LogP contribution in [0.1, 0.15) is 132 Å². The molecule has 10 nitrogen and oxygen atoms in total. The van der Waals surface area contributed by atoms with Gasteiger partial charge in [-0.3, -0.25) is 19.2 Å². The first kappa shape index (κ1) is 39.5. The Morgan fingerprint density at radius 3 is 2.07 bits per heavy atom. The van der Waals surface area contributed by atoms with Gasteiger partial charge in [0.05, 0.1) is 6.04 Å². The van der Waals surface area contributed by atoms with E-state index in [4.69, 9.17) is 0 Å². The molecule has 1 aliphatic carbocycles. The average molecular weight is 622 g/mol. The molecule has 1 saturated carbocycles. The summed E-state index contributed by atoms with van der Waals surface area (Å²) in [6, 6.07) is -2.86. The molecule has 0 spiro atoms. The van der Waals surface area contributed by atoms with E-state index in [-0.39, 0.29) is 42.1 Å². The molecule has 0 bridgehead atoms.